The first-order valence-corrected chi connectivity index (χ1v) is 14.5. The van der Waals surface area contributed by atoms with Crippen LogP contribution in [0.2, 0.25) is 0 Å². The van der Waals surface area contributed by atoms with E-state index in [9.17, 15) is 31.1 Å². The first-order chi connectivity index (χ1) is 21.4. The van der Waals surface area contributed by atoms with Crippen molar-refractivity contribution in [3.8, 4) is 5.75 Å². The highest BCUT2D eigenvalue weighted by atomic mass is 19.4. The van der Waals surface area contributed by atoms with Crippen molar-refractivity contribution in [3.05, 3.63) is 59.7 Å². The Morgan fingerprint density at radius 1 is 0.826 bits per heavy atom. The van der Waals surface area contributed by atoms with Crippen LogP contribution in [0.25, 0.3) is 0 Å². The van der Waals surface area contributed by atoms with Crippen LogP contribution in [0.3, 0.4) is 0 Å². The summed E-state index contributed by atoms with van der Waals surface area (Å²) in [6, 6.07) is 16.4. The molecule has 0 aliphatic carbocycles. The average Bonchev–Trinajstić information content (AvgIpc) is 2.99. The highest BCUT2D eigenvalue weighted by Gasteiger charge is 2.40. The van der Waals surface area contributed by atoms with Crippen molar-refractivity contribution >= 4 is 23.5 Å². The Hall–Kier alpha value is -4.01. The van der Waals surface area contributed by atoms with Gasteiger partial charge in [0.1, 0.15) is 5.75 Å². The van der Waals surface area contributed by atoms with Crippen LogP contribution in [0.5, 0.6) is 5.75 Å². The molecule has 15 heteroatoms. The second kappa shape index (κ2) is 16.5. The van der Waals surface area contributed by atoms with E-state index in [4.69, 9.17) is 24.5 Å². The number of nitrogens with zero attached hydrogens (tertiary/aromatic N) is 3. The predicted molar refractivity (Wildman–Crippen MR) is 158 cm³/mol. The first kappa shape index (κ1) is 38.2. The molecule has 2 heterocycles. The largest absolute Gasteiger partial charge is 0.494 e. The second-order valence-electron chi connectivity index (χ2n) is 11.2. The summed E-state index contributed by atoms with van der Waals surface area (Å²) >= 11 is 0. The molecule has 2 saturated heterocycles. The number of amides is 1. The van der Waals surface area contributed by atoms with Crippen molar-refractivity contribution in [2.75, 3.05) is 51.8 Å². The second-order valence-corrected chi connectivity index (χ2v) is 11.2. The molecule has 0 aromatic heterocycles. The smallest absolute Gasteiger partial charge is 0.490 e. The highest BCUT2D eigenvalue weighted by Crippen LogP contribution is 2.42. The molecule has 0 saturated carbocycles. The van der Waals surface area contributed by atoms with Gasteiger partial charge in [-0.3, -0.25) is 9.69 Å². The third-order valence-electron chi connectivity index (χ3n) is 7.79. The Balaban J connectivity index is 0.000000440. The fraction of sp³-hybridized carbons (Fsp3) is 0.516. The van der Waals surface area contributed by atoms with Gasteiger partial charge in [-0.25, -0.2) is 9.59 Å². The fourth-order valence-electron chi connectivity index (χ4n) is 5.14. The van der Waals surface area contributed by atoms with Crippen LogP contribution in [0, 0.1) is 5.41 Å². The van der Waals surface area contributed by atoms with E-state index in [2.05, 4.69) is 28.0 Å². The van der Waals surface area contributed by atoms with Crippen LogP contribution in [0.1, 0.15) is 48.5 Å². The normalized spacial score (nSPS) is 16.3. The molecule has 0 atom stereocenters. The summed E-state index contributed by atoms with van der Waals surface area (Å²) in [6.45, 7) is 7.69. The Labute approximate surface area is 263 Å². The number of anilines is 1. The molecule has 2 aliphatic heterocycles. The monoisotopic (exact) mass is 663 g/mol. The topological polar surface area (TPSA) is 111 Å². The molecule has 0 unspecified atom stereocenters. The summed E-state index contributed by atoms with van der Waals surface area (Å²) in [4.78, 5) is 37.5. The van der Waals surface area contributed by atoms with Gasteiger partial charge in [0.25, 0.3) is 5.91 Å². The van der Waals surface area contributed by atoms with Crippen LogP contribution in [-0.4, -0.2) is 97.1 Å². The summed E-state index contributed by atoms with van der Waals surface area (Å²) in [7, 11) is 4.02. The van der Waals surface area contributed by atoms with E-state index in [0.717, 1.165) is 62.6 Å². The number of carbonyl (C=O) groups is 3. The van der Waals surface area contributed by atoms with Crippen LogP contribution in [-0.2, 0) is 16.1 Å². The molecule has 9 nitrogen and oxygen atoms in total. The maximum absolute atomic E-state index is 13.1. The maximum Gasteiger partial charge on any atom is 0.490 e. The molecule has 256 valence electrons. The zero-order valence-corrected chi connectivity index (χ0v) is 25.8. The minimum atomic E-state index is -5.08. The molecule has 0 bridgehead atoms. The van der Waals surface area contributed by atoms with Gasteiger partial charge in [-0.05, 0) is 75.4 Å². The number of hydrogen-bond donors (Lipinski definition) is 2. The van der Waals surface area contributed by atoms with Gasteiger partial charge >= 0.3 is 24.3 Å². The molecule has 2 aliphatic rings. The molecule has 2 fully saturated rings. The van der Waals surface area contributed by atoms with Crippen molar-refractivity contribution < 1.29 is 55.7 Å². The number of para-hydroxylation sites is 1. The van der Waals surface area contributed by atoms with Gasteiger partial charge in [0.2, 0.25) is 0 Å². The number of hydrogen-bond acceptors (Lipinski definition) is 6. The van der Waals surface area contributed by atoms with Crippen LogP contribution < -0.4 is 9.64 Å². The van der Waals surface area contributed by atoms with Gasteiger partial charge in [0.05, 0.1) is 6.61 Å². The van der Waals surface area contributed by atoms with E-state index in [1.165, 1.54) is 18.4 Å². The minimum Gasteiger partial charge on any atom is -0.494 e. The van der Waals surface area contributed by atoms with Gasteiger partial charge < -0.3 is 24.7 Å². The molecule has 4 rings (SSSR count). The van der Waals surface area contributed by atoms with Gasteiger partial charge in [0.15, 0.2) is 0 Å². The zero-order valence-electron chi connectivity index (χ0n) is 25.8. The molecule has 0 radical (unpaired) electrons. The molecule has 1 amide bonds. The van der Waals surface area contributed by atoms with Gasteiger partial charge in [0, 0.05) is 50.5 Å². The van der Waals surface area contributed by atoms with Gasteiger partial charge in [-0.1, -0.05) is 24.3 Å². The number of likely N-dealkylation sites (tertiary alicyclic amines) is 2. The van der Waals surface area contributed by atoms with E-state index in [1.807, 2.05) is 56.3 Å². The number of halogens is 6. The summed E-state index contributed by atoms with van der Waals surface area (Å²) in [6.07, 6.45) is -5.48. The number of rotatable bonds is 6. The van der Waals surface area contributed by atoms with Crippen molar-refractivity contribution in [2.24, 2.45) is 5.41 Å². The molecule has 1 spiro atoms. The summed E-state index contributed by atoms with van der Waals surface area (Å²) < 4.78 is 69.3. The van der Waals surface area contributed by atoms with Gasteiger partial charge in [-0.2, -0.15) is 26.3 Å². The summed E-state index contributed by atoms with van der Waals surface area (Å²) in [5, 5.41) is 14.2. The Kier molecular flexibility index (Phi) is 13.7. The lowest BCUT2D eigenvalue weighted by atomic mass is 9.71. The average molecular weight is 664 g/mol. The lowest BCUT2D eigenvalue weighted by molar-refractivity contribution is -0.193. The molecule has 2 aromatic carbocycles. The Morgan fingerprint density at radius 2 is 1.33 bits per heavy atom. The lowest BCUT2D eigenvalue weighted by Gasteiger charge is -2.47. The van der Waals surface area contributed by atoms with Crippen molar-refractivity contribution in [1.82, 2.24) is 9.80 Å². The van der Waals surface area contributed by atoms with E-state index in [0.29, 0.717) is 12.0 Å². The minimum absolute atomic E-state index is 0.175. The van der Waals surface area contributed by atoms with Crippen LogP contribution in [0.4, 0.5) is 32.0 Å². The first-order valence-electron chi connectivity index (χ1n) is 14.5. The third kappa shape index (κ3) is 11.7. The molecular formula is C31H39F6N3O6. The van der Waals surface area contributed by atoms with E-state index >= 15 is 0 Å². The number of carboxylic acids is 2. The number of carbonyl (C=O) groups excluding carboxylic acids is 1. The van der Waals surface area contributed by atoms with Crippen molar-refractivity contribution in [3.63, 3.8) is 0 Å². The number of piperidine rings is 2. The Bertz CT molecular complexity index is 1280. The van der Waals surface area contributed by atoms with E-state index < -0.39 is 24.3 Å². The van der Waals surface area contributed by atoms with Gasteiger partial charge in [-0.15, -0.1) is 0 Å². The standard InChI is InChI=1S/C27H37N3O2.2C2HF3O2/c1-4-32-25-11-6-5-8-23(25)21-29-16-12-27(13-17-29)14-18-30(19-15-27)26(31)22-9-7-10-24(20-22)28(2)3;2*3-2(4,5)1(6)7/h5-11,20H,4,12-19,21H2,1-3H3;2*(H,6,7). The predicted octanol–water partition coefficient (Wildman–Crippen LogP) is 5.94. The third-order valence-corrected chi connectivity index (χ3v) is 7.79. The highest BCUT2D eigenvalue weighted by molar-refractivity contribution is 5.95. The number of ether oxygens (including phenoxy) is 1. The number of benzene rings is 2. The van der Waals surface area contributed by atoms with E-state index in [1.54, 1.807) is 0 Å². The number of carboxylic acid groups (broad SMARTS) is 2. The van der Waals surface area contributed by atoms with Crippen molar-refractivity contribution in [2.45, 2.75) is 51.5 Å². The SMILES string of the molecule is CCOc1ccccc1CN1CCC2(CC1)CCN(C(=O)c1cccc(N(C)C)c1)CC2.O=C(O)C(F)(F)F.O=C(O)C(F)(F)F. The fourth-order valence-corrected chi connectivity index (χ4v) is 5.14. The van der Waals surface area contributed by atoms with E-state index in [-0.39, 0.29) is 5.91 Å². The maximum atomic E-state index is 13.1. The molecule has 2 N–H and O–H groups in total. The number of alkyl halides is 6. The lowest BCUT2D eigenvalue weighted by Crippen LogP contribution is -2.48. The van der Waals surface area contributed by atoms with Crippen molar-refractivity contribution in [1.29, 1.82) is 0 Å². The van der Waals surface area contributed by atoms with Crippen LogP contribution >= 0.6 is 0 Å². The molecular weight excluding hydrogens is 624 g/mol. The quantitative estimate of drug-likeness (QED) is 0.366. The summed E-state index contributed by atoms with van der Waals surface area (Å²) in [5.74, 6) is -4.33. The molecule has 2 aromatic rings. The Morgan fingerprint density at radius 3 is 1.80 bits per heavy atom. The molecule has 46 heavy (non-hydrogen) atoms. The zero-order chi connectivity index (χ0) is 34.7. The summed E-state index contributed by atoms with van der Waals surface area (Å²) in [5.41, 5.74) is 3.56. The number of aliphatic carboxylic acids is 2. The van der Waals surface area contributed by atoms with Crippen LogP contribution in [0.15, 0.2) is 48.5 Å².